The van der Waals surface area contributed by atoms with Gasteiger partial charge in [-0.2, -0.15) is 5.10 Å². The molecular formula is C13H12N2O3. The topological polar surface area (TPSA) is 72.2 Å². The van der Waals surface area contributed by atoms with Gasteiger partial charge in [-0.1, -0.05) is 6.07 Å². The maximum absolute atomic E-state index is 11.3. The minimum absolute atomic E-state index is 0.475. The number of carbonyl (C=O) groups is 1. The van der Waals surface area contributed by atoms with E-state index in [1.165, 1.54) is 16.9 Å². The molecule has 2 aromatic rings. The van der Waals surface area contributed by atoms with Gasteiger partial charge in [0.1, 0.15) is 0 Å². The quantitative estimate of drug-likeness (QED) is 0.869. The fourth-order valence-electron chi connectivity index (χ4n) is 1.78. The molecule has 92 valence electrons. The Balaban J connectivity index is 2.61. The van der Waals surface area contributed by atoms with Crippen molar-refractivity contribution >= 4 is 5.97 Å². The summed E-state index contributed by atoms with van der Waals surface area (Å²) in [5.74, 6) is -1.32. The Morgan fingerprint density at radius 1 is 1.22 bits per heavy atom. The highest BCUT2D eigenvalue weighted by molar-refractivity contribution is 5.84. The van der Waals surface area contributed by atoms with E-state index in [4.69, 9.17) is 5.11 Å². The Morgan fingerprint density at radius 2 is 1.83 bits per heavy atom. The molecule has 5 nitrogen and oxygen atoms in total. The molecule has 0 radical (unpaired) electrons. The fourth-order valence-corrected chi connectivity index (χ4v) is 1.78. The maximum Gasteiger partial charge on any atom is 0.360 e. The van der Waals surface area contributed by atoms with Gasteiger partial charge < -0.3 is 5.11 Å². The Labute approximate surface area is 103 Å². The number of carboxylic acid groups (broad SMARTS) is 1. The Hall–Kier alpha value is -2.43. The number of nitrogens with zero attached hydrogens (tertiary/aromatic N) is 2. The van der Waals surface area contributed by atoms with Crippen molar-refractivity contribution in [1.82, 2.24) is 9.78 Å². The van der Waals surface area contributed by atoms with Crippen molar-refractivity contribution in [3.63, 3.8) is 0 Å². The van der Waals surface area contributed by atoms with Crippen LogP contribution in [0.4, 0.5) is 0 Å². The number of hydrogen-bond donors (Lipinski definition) is 1. The first-order valence-corrected chi connectivity index (χ1v) is 5.39. The van der Waals surface area contributed by atoms with E-state index in [2.05, 4.69) is 5.10 Å². The van der Waals surface area contributed by atoms with E-state index in [0.717, 1.165) is 16.8 Å². The third kappa shape index (κ3) is 2.29. The lowest BCUT2D eigenvalue weighted by molar-refractivity contribution is 0.0687. The van der Waals surface area contributed by atoms with Gasteiger partial charge in [-0.15, -0.1) is 0 Å². The van der Waals surface area contributed by atoms with E-state index < -0.39 is 17.1 Å². The molecule has 0 bridgehead atoms. The lowest BCUT2D eigenvalue weighted by Crippen LogP contribution is -2.20. The summed E-state index contributed by atoms with van der Waals surface area (Å²) in [5, 5.41) is 12.7. The van der Waals surface area contributed by atoms with Gasteiger partial charge in [0, 0.05) is 12.3 Å². The van der Waals surface area contributed by atoms with Crippen molar-refractivity contribution in [3.05, 3.63) is 57.5 Å². The number of aromatic carboxylic acids is 1. The van der Waals surface area contributed by atoms with Gasteiger partial charge >= 0.3 is 5.97 Å². The van der Waals surface area contributed by atoms with E-state index in [-0.39, 0.29) is 0 Å². The molecule has 1 aromatic heterocycles. The van der Waals surface area contributed by atoms with E-state index in [1.54, 1.807) is 0 Å². The molecular weight excluding hydrogens is 232 g/mol. The predicted molar refractivity (Wildman–Crippen MR) is 66.3 cm³/mol. The first-order valence-electron chi connectivity index (χ1n) is 5.39. The monoisotopic (exact) mass is 244 g/mol. The molecule has 0 aliphatic carbocycles. The molecule has 0 aliphatic rings. The first-order chi connectivity index (χ1) is 8.47. The van der Waals surface area contributed by atoms with Crippen LogP contribution in [0.3, 0.4) is 0 Å². The average Bonchev–Trinajstić information content (AvgIpc) is 2.27. The Kier molecular flexibility index (Phi) is 2.97. The van der Waals surface area contributed by atoms with Crippen molar-refractivity contribution in [2.45, 2.75) is 13.8 Å². The van der Waals surface area contributed by atoms with Crippen molar-refractivity contribution in [3.8, 4) is 5.69 Å². The van der Waals surface area contributed by atoms with Crippen LogP contribution in [-0.2, 0) is 0 Å². The van der Waals surface area contributed by atoms with Gasteiger partial charge in [-0.05, 0) is 37.1 Å². The van der Waals surface area contributed by atoms with Crippen LogP contribution >= 0.6 is 0 Å². The number of benzene rings is 1. The fraction of sp³-hybridized carbons (Fsp3) is 0.154. The third-order valence-corrected chi connectivity index (χ3v) is 2.48. The lowest BCUT2D eigenvalue weighted by atomic mass is 10.1. The van der Waals surface area contributed by atoms with Crippen LogP contribution in [0.25, 0.3) is 5.69 Å². The van der Waals surface area contributed by atoms with Crippen molar-refractivity contribution in [2.24, 2.45) is 0 Å². The largest absolute Gasteiger partial charge is 0.476 e. The molecule has 1 N–H and O–H groups in total. The van der Waals surface area contributed by atoms with Gasteiger partial charge in [-0.3, -0.25) is 4.79 Å². The summed E-state index contributed by atoms with van der Waals surface area (Å²) < 4.78 is 1.39. The second-order valence-electron chi connectivity index (χ2n) is 4.12. The predicted octanol–water partition coefficient (Wildman–Crippen LogP) is 1.55. The Bertz CT molecular complexity index is 654. The molecule has 0 saturated carbocycles. The van der Waals surface area contributed by atoms with Crippen LogP contribution in [0.15, 0.2) is 35.3 Å². The van der Waals surface area contributed by atoms with Gasteiger partial charge in [0.15, 0.2) is 0 Å². The third-order valence-electron chi connectivity index (χ3n) is 2.48. The Morgan fingerprint density at radius 3 is 2.39 bits per heavy atom. The SMILES string of the molecule is Cc1cc(C)cc(-n2ccc(=O)c(C(=O)O)n2)c1. The van der Waals surface area contributed by atoms with Crippen LogP contribution in [0.1, 0.15) is 21.6 Å². The second kappa shape index (κ2) is 4.44. The minimum atomic E-state index is -1.32. The summed E-state index contributed by atoms with van der Waals surface area (Å²) in [4.78, 5) is 22.2. The van der Waals surface area contributed by atoms with E-state index in [1.807, 2.05) is 32.0 Å². The number of carboxylic acids is 1. The molecule has 18 heavy (non-hydrogen) atoms. The minimum Gasteiger partial charge on any atom is -0.476 e. The van der Waals surface area contributed by atoms with Crippen LogP contribution in [-0.4, -0.2) is 20.9 Å². The highest BCUT2D eigenvalue weighted by Crippen LogP contribution is 2.12. The van der Waals surface area contributed by atoms with Gasteiger partial charge in [-0.25, -0.2) is 9.48 Å². The molecule has 0 atom stereocenters. The summed E-state index contributed by atoms with van der Waals surface area (Å²) in [5.41, 5.74) is 1.75. The van der Waals surface area contributed by atoms with Crippen LogP contribution in [0.5, 0.6) is 0 Å². The highest BCUT2D eigenvalue weighted by atomic mass is 16.4. The van der Waals surface area contributed by atoms with Gasteiger partial charge in [0.25, 0.3) is 0 Å². The van der Waals surface area contributed by atoms with E-state index in [0.29, 0.717) is 0 Å². The van der Waals surface area contributed by atoms with Crippen molar-refractivity contribution in [2.75, 3.05) is 0 Å². The molecule has 0 saturated heterocycles. The molecule has 0 amide bonds. The van der Waals surface area contributed by atoms with E-state index >= 15 is 0 Å². The second-order valence-corrected chi connectivity index (χ2v) is 4.12. The summed E-state index contributed by atoms with van der Waals surface area (Å²) >= 11 is 0. The van der Waals surface area contributed by atoms with Gasteiger partial charge in [0.2, 0.25) is 11.1 Å². The molecule has 1 heterocycles. The molecule has 5 heteroatoms. The zero-order valence-electron chi connectivity index (χ0n) is 10.0. The van der Waals surface area contributed by atoms with Crippen LogP contribution in [0, 0.1) is 13.8 Å². The average molecular weight is 244 g/mol. The smallest absolute Gasteiger partial charge is 0.360 e. The normalized spacial score (nSPS) is 10.3. The first kappa shape index (κ1) is 12.0. The van der Waals surface area contributed by atoms with Gasteiger partial charge in [0.05, 0.1) is 5.69 Å². The van der Waals surface area contributed by atoms with Crippen LogP contribution in [0.2, 0.25) is 0 Å². The number of aryl methyl sites for hydroxylation is 2. The number of rotatable bonds is 2. The van der Waals surface area contributed by atoms with E-state index in [9.17, 15) is 9.59 Å². The zero-order chi connectivity index (χ0) is 13.3. The molecule has 0 spiro atoms. The summed E-state index contributed by atoms with van der Waals surface area (Å²) in [6, 6.07) is 6.95. The van der Waals surface area contributed by atoms with Crippen LogP contribution < -0.4 is 5.43 Å². The summed E-state index contributed by atoms with van der Waals surface area (Å²) in [6.45, 7) is 3.88. The van der Waals surface area contributed by atoms with Crippen molar-refractivity contribution < 1.29 is 9.90 Å². The zero-order valence-corrected chi connectivity index (χ0v) is 10.0. The molecule has 0 unspecified atom stereocenters. The number of aromatic nitrogens is 2. The summed E-state index contributed by atoms with van der Waals surface area (Å²) in [6.07, 6.45) is 1.46. The molecule has 1 aromatic carbocycles. The van der Waals surface area contributed by atoms with Crippen molar-refractivity contribution in [1.29, 1.82) is 0 Å². The molecule has 0 fully saturated rings. The highest BCUT2D eigenvalue weighted by Gasteiger charge is 2.11. The maximum atomic E-state index is 11.3. The molecule has 2 rings (SSSR count). The standard InChI is InChI=1S/C13H12N2O3/c1-8-5-9(2)7-10(6-8)15-4-3-11(16)12(14-15)13(17)18/h3-7H,1-2H3,(H,17,18). The lowest BCUT2D eigenvalue weighted by Gasteiger charge is -2.08. The molecule has 0 aliphatic heterocycles. The number of hydrogen-bond acceptors (Lipinski definition) is 3. The summed E-state index contributed by atoms with van der Waals surface area (Å²) in [7, 11) is 0.